The number of hydrogen-bond donors (Lipinski definition) is 1. The van der Waals surface area contributed by atoms with Crippen LogP contribution in [0.3, 0.4) is 0 Å². The van der Waals surface area contributed by atoms with Crippen LogP contribution in [-0.2, 0) is 14.8 Å². The van der Waals surface area contributed by atoms with Gasteiger partial charge in [0.15, 0.2) is 0 Å². The zero-order valence-corrected chi connectivity index (χ0v) is 11.6. The molecule has 1 aliphatic rings. The molecule has 0 aromatic carbocycles. The predicted molar refractivity (Wildman–Crippen MR) is 68.6 cm³/mol. The first-order valence-corrected chi connectivity index (χ1v) is 7.95. The SMILES string of the molecule is CCOC1CCN(S(=O)(=O)CCCNC)CC1. The molecule has 1 heterocycles. The van der Waals surface area contributed by atoms with Gasteiger partial charge in [-0.15, -0.1) is 0 Å². The van der Waals surface area contributed by atoms with E-state index in [1.165, 1.54) is 0 Å². The Bertz CT molecular complexity index is 298. The molecule has 6 heteroatoms. The molecule has 0 aromatic rings. The zero-order chi connectivity index (χ0) is 12.7. The lowest BCUT2D eigenvalue weighted by Crippen LogP contribution is -2.42. The molecule has 0 bridgehead atoms. The average molecular weight is 264 g/mol. The van der Waals surface area contributed by atoms with Gasteiger partial charge in [0.25, 0.3) is 0 Å². The second-order valence-corrected chi connectivity index (χ2v) is 6.42. The van der Waals surface area contributed by atoms with Gasteiger partial charge in [0.05, 0.1) is 11.9 Å². The van der Waals surface area contributed by atoms with Crippen molar-refractivity contribution in [1.82, 2.24) is 9.62 Å². The van der Waals surface area contributed by atoms with E-state index in [0.717, 1.165) is 19.4 Å². The van der Waals surface area contributed by atoms with Gasteiger partial charge in [-0.05, 0) is 39.8 Å². The van der Waals surface area contributed by atoms with Crippen LogP contribution in [0.2, 0.25) is 0 Å². The van der Waals surface area contributed by atoms with Crippen LogP contribution in [0.1, 0.15) is 26.2 Å². The predicted octanol–water partition coefficient (Wildman–Crippen LogP) is 0.427. The smallest absolute Gasteiger partial charge is 0.214 e. The van der Waals surface area contributed by atoms with E-state index in [-0.39, 0.29) is 11.9 Å². The lowest BCUT2D eigenvalue weighted by Gasteiger charge is -2.30. The maximum atomic E-state index is 12.0. The summed E-state index contributed by atoms with van der Waals surface area (Å²) >= 11 is 0. The van der Waals surface area contributed by atoms with Gasteiger partial charge < -0.3 is 10.1 Å². The summed E-state index contributed by atoms with van der Waals surface area (Å²) in [5, 5.41) is 2.96. The van der Waals surface area contributed by atoms with Gasteiger partial charge in [-0.3, -0.25) is 0 Å². The van der Waals surface area contributed by atoms with Crippen LogP contribution < -0.4 is 5.32 Å². The summed E-state index contributed by atoms with van der Waals surface area (Å²) in [6, 6.07) is 0. The second-order valence-electron chi connectivity index (χ2n) is 4.33. The fraction of sp³-hybridized carbons (Fsp3) is 1.00. The van der Waals surface area contributed by atoms with E-state index < -0.39 is 10.0 Å². The van der Waals surface area contributed by atoms with Crippen LogP contribution in [0.4, 0.5) is 0 Å². The van der Waals surface area contributed by atoms with Crippen molar-refractivity contribution >= 4 is 10.0 Å². The summed E-state index contributed by atoms with van der Waals surface area (Å²) < 4.78 is 31.1. The van der Waals surface area contributed by atoms with E-state index in [0.29, 0.717) is 26.1 Å². The summed E-state index contributed by atoms with van der Waals surface area (Å²) in [5.74, 6) is 0.243. The molecule has 0 aliphatic carbocycles. The average Bonchev–Trinajstić information content (AvgIpc) is 2.30. The number of ether oxygens (including phenoxy) is 1. The molecule has 0 amide bonds. The van der Waals surface area contributed by atoms with E-state index in [1.807, 2.05) is 14.0 Å². The topological polar surface area (TPSA) is 58.6 Å². The van der Waals surface area contributed by atoms with Gasteiger partial charge in [0.2, 0.25) is 10.0 Å². The lowest BCUT2D eigenvalue weighted by atomic mass is 10.1. The normalized spacial score (nSPS) is 19.6. The zero-order valence-electron chi connectivity index (χ0n) is 10.8. The standard InChI is InChI=1S/C11H24N2O3S/c1-3-16-11-5-8-13(9-6-11)17(14,15)10-4-7-12-2/h11-12H,3-10H2,1-2H3. The number of nitrogens with zero attached hydrogens (tertiary/aromatic N) is 1. The molecule has 0 spiro atoms. The van der Waals surface area contributed by atoms with Crippen molar-refractivity contribution in [2.24, 2.45) is 0 Å². The van der Waals surface area contributed by atoms with Crippen molar-refractivity contribution < 1.29 is 13.2 Å². The van der Waals surface area contributed by atoms with Gasteiger partial charge in [-0.25, -0.2) is 12.7 Å². The van der Waals surface area contributed by atoms with Crippen molar-refractivity contribution in [3.8, 4) is 0 Å². The summed E-state index contributed by atoms with van der Waals surface area (Å²) in [4.78, 5) is 0. The monoisotopic (exact) mass is 264 g/mol. The first-order valence-electron chi connectivity index (χ1n) is 6.34. The lowest BCUT2D eigenvalue weighted by molar-refractivity contribution is 0.0290. The first-order chi connectivity index (χ1) is 8.10. The third-order valence-corrected chi connectivity index (χ3v) is 4.98. The molecule has 0 aromatic heterocycles. The molecule has 0 radical (unpaired) electrons. The van der Waals surface area contributed by atoms with Crippen LogP contribution >= 0.6 is 0 Å². The second kappa shape index (κ2) is 7.31. The Morgan fingerprint density at radius 3 is 2.53 bits per heavy atom. The summed E-state index contributed by atoms with van der Waals surface area (Å²) in [6.07, 6.45) is 2.55. The maximum absolute atomic E-state index is 12.0. The molecule has 1 aliphatic heterocycles. The van der Waals surface area contributed by atoms with Gasteiger partial charge in [0.1, 0.15) is 0 Å². The molecular formula is C11H24N2O3S. The van der Waals surface area contributed by atoms with Crippen LogP contribution in [0.15, 0.2) is 0 Å². The minimum atomic E-state index is -3.06. The first kappa shape index (κ1) is 14.9. The third-order valence-electron chi connectivity index (χ3n) is 3.03. The Kier molecular flexibility index (Phi) is 6.40. The minimum absolute atomic E-state index is 0.240. The van der Waals surface area contributed by atoms with E-state index in [2.05, 4.69) is 5.32 Å². The van der Waals surface area contributed by atoms with Crippen LogP contribution in [-0.4, -0.2) is 57.9 Å². The Morgan fingerprint density at radius 1 is 1.35 bits per heavy atom. The number of sulfonamides is 1. The van der Waals surface area contributed by atoms with Crippen molar-refractivity contribution in [2.75, 3.05) is 39.0 Å². The highest BCUT2D eigenvalue weighted by Gasteiger charge is 2.27. The number of piperidine rings is 1. The van der Waals surface area contributed by atoms with Gasteiger partial charge >= 0.3 is 0 Å². The van der Waals surface area contributed by atoms with Gasteiger partial charge in [-0.1, -0.05) is 0 Å². The van der Waals surface area contributed by atoms with E-state index in [4.69, 9.17) is 4.74 Å². The highest BCUT2D eigenvalue weighted by molar-refractivity contribution is 7.89. The molecule has 17 heavy (non-hydrogen) atoms. The molecule has 1 saturated heterocycles. The molecule has 1 rings (SSSR count). The summed E-state index contributed by atoms with van der Waals surface area (Å²) in [7, 11) is -1.22. The Balaban J connectivity index is 2.36. The van der Waals surface area contributed by atoms with Crippen molar-refractivity contribution in [1.29, 1.82) is 0 Å². The number of hydrogen-bond acceptors (Lipinski definition) is 4. The Morgan fingerprint density at radius 2 is 2.00 bits per heavy atom. The van der Waals surface area contributed by atoms with E-state index >= 15 is 0 Å². The van der Waals surface area contributed by atoms with Crippen LogP contribution in [0, 0.1) is 0 Å². The van der Waals surface area contributed by atoms with Gasteiger partial charge in [-0.2, -0.15) is 0 Å². The van der Waals surface area contributed by atoms with Crippen molar-refractivity contribution in [2.45, 2.75) is 32.3 Å². The molecular weight excluding hydrogens is 240 g/mol. The molecule has 1 fully saturated rings. The molecule has 5 nitrogen and oxygen atoms in total. The van der Waals surface area contributed by atoms with Crippen molar-refractivity contribution in [3.63, 3.8) is 0 Å². The fourth-order valence-electron chi connectivity index (χ4n) is 2.07. The highest BCUT2D eigenvalue weighted by Crippen LogP contribution is 2.17. The highest BCUT2D eigenvalue weighted by atomic mass is 32.2. The largest absolute Gasteiger partial charge is 0.378 e. The molecule has 0 unspecified atom stereocenters. The fourth-order valence-corrected chi connectivity index (χ4v) is 3.61. The van der Waals surface area contributed by atoms with Gasteiger partial charge in [0, 0.05) is 19.7 Å². The summed E-state index contributed by atoms with van der Waals surface area (Å²) in [6.45, 7) is 4.63. The molecule has 0 saturated carbocycles. The quantitative estimate of drug-likeness (QED) is 0.677. The van der Waals surface area contributed by atoms with Crippen LogP contribution in [0.25, 0.3) is 0 Å². The number of rotatable bonds is 7. The Hall–Kier alpha value is -0.170. The molecule has 102 valence electrons. The Labute approximate surface area is 105 Å². The van der Waals surface area contributed by atoms with E-state index in [1.54, 1.807) is 4.31 Å². The molecule has 0 atom stereocenters. The minimum Gasteiger partial charge on any atom is -0.378 e. The van der Waals surface area contributed by atoms with E-state index in [9.17, 15) is 8.42 Å². The van der Waals surface area contributed by atoms with Crippen LogP contribution in [0.5, 0.6) is 0 Å². The maximum Gasteiger partial charge on any atom is 0.214 e. The third kappa shape index (κ3) is 4.91. The van der Waals surface area contributed by atoms with Crippen molar-refractivity contribution in [3.05, 3.63) is 0 Å². The number of nitrogens with one attached hydrogen (secondary N) is 1. The molecule has 1 N–H and O–H groups in total. The summed E-state index contributed by atoms with van der Waals surface area (Å²) in [5.41, 5.74) is 0.